The number of nitrogens with zero attached hydrogens (tertiary/aromatic N) is 3. The monoisotopic (exact) mass is 350 g/mol. The highest BCUT2D eigenvalue weighted by molar-refractivity contribution is 5.79. The van der Waals surface area contributed by atoms with Crippen molar-refractivity contribution in [1.29, 1.82) is 0 Å². The maximum absolute atomic E-state index is 12.5. The molecule has 2 aromatic rings. The van der Waals surface area contributed by atoms with Gasteiger partial charge < -0.3 is 10.2 Å². The molecule has 0 unspecified atom stereocenters. The van der Waals surface area contributed by atoms with Gasteiger partial charge in [0.05, 0.1) is 0 Å². The lowest BCUT2D eigenvalue weighted by molar-refractivity contribution is -0.125. The number of hydrogen-bond acceptors (Lipinski definition) is 4. The van der Waals surface area contributed by atoms with Crippen LogP contribution in [0.2, 0.25) is 0 Å². The predicted molar refractivity (Wildman–Crippen MR) is 102 cm³/mol. The van der Waals surface area contributed by atoms with Crippen LogP contribution in [-0.4, -0.2) is 29.0 Å². The number of hydrogen-bond donors (Lipinski definition) is 1. The number of carbonyl (C=O) groups excluding carboxylic acids is 1. The highest BCUT2D eigenvalue weighted by atomic mass is 16.1. The molecule has 0 atom stereocenters. The van der Waals surface area contributed by atoms with Crippen molar-refractivity contribution in [3.05, 3.63) is 53.5 Å². The largest absolute Gasteiger partial charge is 0.356 e. The Morgan fingerprint density at radius 1 is 1.12 bits per heavy atom. The molecule has 4 rings (SSSR count). The van der Waals surface area contributed by atoms with Crippen LogP contribution in [0.25, 0.3) is 0 Å². The molecule has 2 aliphatic rings. The predicted octanol–water partition coefficient (Wildman–Crippen LogP) is 3.20. The first-order valence-electron chi connectivity index (χ1n) is 9.60. The van der Waals surface area contributed by atoms with E-state index in [2.05, 4.69) is 46.4 Å². The van der Waals surface area contributed by atoms with Crippen molar-refractivity contribution < 1.29 is 4.79 Å². The summed E-state index contributed by atoms with van der Waals surface area (Å²) in [5, 5.41) is 3.09. The lowest BCUT2D eigenvalue weighted by atomic mass is 9.96. The first kappa shape index (κ1) is 17.0. The van der Waals surface area contributed by atoms with Gasteiger partial charge in [0.1, 0.15) is 11.6 Å². The molecule has 1 saturated carbocycles. The lowest BCUT2D eigenvalue weighted by Crippen LogP contribution is -2.40. The van der Waals surface area contributed by atoms with Gasteiger partial charge in [-0.1, -0.05) is 29.8 Å². The molecule has 1 aromatic heterocycles. The molecular weight excluding hydrogens is 324 g/mol. The zero-order chi connectivity index (χ0) is 17.9. The lowest BCUT2D eigenvalue weighted by Gasteiger charge is -2.32. The second-order valence-electron chi connectivity index (χ2n) is 7.51. The number of anilines is 1. The van der Waals surface area contributed by atoms with E-state index >= 15 is 0 Å². The summed E-state index contributed by atoms with van der Waals surface area (Å²) in [6, 6.07) is 10.3. The summed E-state index contributed by atoms with van der Waals surface area (Å²) in [5.41, 5.74) is 2.39. The van der Waals surface area contributed by atoms with E-state index in [1.807, 2.05) is 12.3 Å². The van der Waals surface area contributed by atoms with Crippen molar-refractivity contribution in [1.82, 2.24) is 15.3 Å². The maximum Gasteiger partial charge on any atom is 0.223 e. The topological polar surface area (TPSA) is 58.1 Å². The minimum absolute atomic E-state index is 0.0986. The normalized spacial score (nSPS) is 18.0. The van der Waals surface area contributed by atoms with Crippen molar-refractivity contribution in [2.24, 2.45) is 5.92 Å². The Morgan fingerprint density at radius 2 is 1.85 bits per heavy atom. The summed E-state index contributed by atoms with van der Waals surface area (Å²) < 4.78 is 0. The van der Waals surface area contributed by atoms with Gasteiger partial charge in [0.15, 0.2) is 0 Å². The van der Waals surface area contributed by atoms with Gasteiger partial charge in [-0.15, -0.1) is 0 Å². The Hall–Kier alpha value is -2.43. The van der Waals surface area contributed by atoms with E-state index in [4.69, 9.17) is 4.98 Å². The van der Waals surface area contributed by atoms with Crippen LogP contribution in [0.15, 0.2) is 36.5 Å². The van der Waals surface area contributed by atoms with E-state index < -0.39 is 0 Å². The Morgan fingerprint density at radius 3 is 2.54 bits per heavy atom. The standard InChI is InChI=1S/C21H26N4O/c1-15-2-4-16(5-3-15)14-23-21(26)18-9-12-25(13-10-18)19-8-11-22-20(24-19)17-6-7-17/h2-5,8,11,17-18H,6-7,9-10,12-14H2,1H3,(H,23,26). The van der Waals surface area contributed by atoms with Crippen LogP contribution in [-0.2, 0) is 11.3 Å². The number of carbonyl (C=O) groups is 1. The molecule has 0 spiro atoms. The molecule has 1 saturated heterocycles. The number of rotatable bonds is 5. The van der Waals surface area contributed by atoms with Crippen molar-refractivity contribution >= 4 is 11.7 Å². The highest BCUT2D eigenvalue weighted by Gasteiger charge is 2.29. The van der Waals surface area contributed by atoms with Crippen molar-refractivity contribution in [2.75, 3.05) is 18.0 Å². The Bertz CT molecular complexity index is 762. The van der Waals surface area contributed by atoms with Gasteiger partial charge in [-0.05, 0) is 44.2 Å². The summed E-state index contributed by atoms with van der Waals surface area (Å²) in [6.07, 6.45) is 6.06. The molecule has 136 valence electrons. The fraction of sp³-hybridized carbons (Fsp3) is 0.476. The quantitative estimate of drug-likeness (QED) is 0.900. The Kier molecular flexibility index (Phi) is 4.87. The number of nitrogens with one attached hydrogen (secondary N) is 1. The molecule has 5 nitrogen and oxygen atoms in total. The van der Waals surface area contributed by atoms with E-state index in [0.29, 0.717) is 12.5 Å². The minimum atomic E-state index is 0.0986. The summed E-state index contributed by atoms with van der Waals surface area (Å²) in [6.45, 7) is 4.44. The average Bonchev–Trinajstić information content (AvgIpc) is 3.53. The fourth-order valence-electron chi connectivity index (χ4n) is 3.49. The number of aryl methyl sites for hydroxylation is 1. The average molecular weight is 350 g/mol. The van der Waals surface area contributed by atoms with Crippen LogP contribution in [0.1, 0.15) is 48.6 Å². The van der Waals surface area contributed by atoms with Crippen molar-refractivity contribution in [2.45, 2.75) is 45.1 Å². The van der Waals surface area contributed by atoms with Crippen LogP contribution in [0.4, 0.5) is 5.82 Å². The smallest absolute Gasteiger partial charge is 0.223 e. The van der Waals surface area contributed by atoms with Crippen LogP contribution in [0.3, 0.4) is 0 Å². The molecule has 26 heavy (non-hydrogen) atoms. The summed E-state index contributed by atoms with van der Waals surface area (Å²) in [5.74, 6) is 2.84. The van der Waals surface area contributed by atoms with E-state index in [9.17, 15) is 4.79 Å². The van der Waals surface area contributed by atoms with Gasteiger partial charge in [0.2, 0.25) is 5.91 Å². The van der Waals surface area contributed by atoms with E-state index in [0.717, 1.165) is 43.1 Å². The van der Waals surface area contributed by atoms with Gasteiger partial charge in [-0.3, -0.25) is 4.79 Å². The molecule has 1 aromatic carbocycles. The first-order valence-corrected chi connectivity index (χ1v) is 9.60. The molecule has 1 N–H and O–H groups in total. The number of amides is 1. The molecule has 2 heterocycles. The molecule has 2 fully saturated rings. The second-order valence-corrected chi connectivity index (χ2v) is 7.51. The zero-order valence-corrected chi connectivity index (χ0v) is 15.3. The van der Waals surface area contributed by atoms with Gasteiger partial charge in [0.25, 0.3) is 0 Å². The summed E-state index contributed by atoms with van der Waals surface area (Å²) >= 11 is 0. The molecule has 1 aliphatic carbocycles. The number of aromatic nitrogens is 2. The molecular formula is C21H26N4O. The Labute approximate surface area is 154 Å². The third-order valence-corrected chi connectivity index (χ3v) is 5.38. The third-order valence-electron chi connectivity index (χ3n) is 5.38. The minimum Gasteiger partial charge on any atom is -0.356 e. The van der Waals surface area contributed by atoms with Gasteiger partial charge in [0, 0.05) is 37.7 Å². The highest BCUT2D eigenvalue weighted by Crippen LogP contribution is 2.38. The molecule has 1 amide bonds. The fourth-order valence-corrected chi connectivity index (χ4v) is 3.49. The maximum atomic E-state index is 12.5. The summed E-state index contributed by atoms with van der Waals surface area (Å²) in [4.78, 5) is 23.9. The zero-order valence-electron chi connectivity index (χ0n) is 15.3. The molecule has 0 radical (unpaired) electrons. The van der Waals surface area contributed by atoms with Crippen LogP contribution >= 0.6 is 0 Å². The first-order chi connectivity index (χ1) is 12.7. The van der Waals surface area contributed by atoms with E-state index in [-0.39, 0.29) is 11.8 Å². The van der Waals surface area contributed by atoms with Crippen molar-refractivity contribution in [3.8, 4) is 0 Å². The van der Waals surface area contributed by atoms with Gasteiger partial charge >= 0.3 is 0 Å². The molecule has 1 aliphatic heterocycles. The Balaban J connectivity index is 1.28. The van der Waals surface area contributed by atoms with E-state index in [1.54, 1.807) is 0 Å². The van der Waals surface area contributed by atoms with Gasteiger partial charge in [-0.25, -0.2) is 9.97 Å². The second kappa shape index (κ2) is 7.44. The van der Waals surface area contributed by atoms with Crippen LogP contribution in [0, 0.1) is 12.8 Å². The molecule has 0 bridgehead atoms. The van der Waals surface area contributed by atoms with Gasteiger partial charge in [-0.2, -0.15) is 0 Å². The number of piperidine rings is 1. The van der Waals surface area contributed by atoms with Crippen LogP contribution in [0.5, 0.6) is 0 Å². The van der Waals surface area contributed by atoms with Crippen LogP contribution < -0.4 is 10.2 Å². The molecule has 5 heteroatoms. The SMILES string of the molecule is Cc1ccc(CNC(=O)C2CCN(c3ccnc(C4CC4)n3)CC2)cc1. The summed E-state index contributed by atoms with van der Waals surface area (Å²) in [7, 11) is 0. The van der Waals surface area contributed by atoms with E-state index in [1.165, 1.54) is 18.4 Å². The van der Waals surface area contributed by atoms with Crippen molar-refractivity contribution in [3.63, 3.8) is 0 Å². The third kappa shape index (κ3) is 4.03. The number of benzene rings is 1.